The number of nitrogens with zero attached hydrogens (tertiary/aromatic N) is 2. The van der Waals surface area contributed by atoms with Crippen LogP contribution in [0.25, 0.3) is 5.76 Å². The van der Waals surface area contributed by atoms with Gasteiger partial charge in [-0.15, -0.1) is 0 Å². The summed E-state index contributed by atoms with van der Waals surface area (Å²) >= 11 is 6.28. The number of ketones is 1. The van der Waals surface area contributed by atoms with Crippen molar-refractivity contribution in [2.75, 3.05) is 60.7 Å². The van der Waals surface area contributed by atoms with Crippen molar-refractivity contribution in [3.05, 3.63) is 58.1 Å². The summed E-state index contributed by atoms with van der Waals surface area (Å²) in [6.45, 7) is 3.53. The number of para-hydroxylation sites is 1. The van der Waals surface area contributed by atoms with Gasteiger partial charge in [0.05, 0.1) is 51.2 Å². The molecule has 1 unspecified atom stereocenters. The van der Waals surface area contributed by atoms with E-state index in [-0.39, 0.29) is 22.9 Å². The molecule has 1 N–H and O–H groups in total. The van der Waals surface area contributed by atoms with E-state index in [1.807, 2.05) is 0 Å². The molecule has 192 valence electrons. The largest absolute Gasteiger partial charge is 0.507 e. The van der Waals surface area contributed by atoms with Crippen LogP contribution in [0, 0.1) is 0 Å². The molecule has 0 aliphatic carbocycles. The molecular formula is C26H29ClN2O7. The molecule has 36 heavy (non-hydrogen) atoms. The van der Waals surface area contributed by atoms with Crippen LogP contribution in [0.1, 0.15) is 17.2 Å². The summed E-state index contributed by atoms with van der Waals surface area (Å²) in [5.41, 5.74) is 0.771. The second kappa shape index (κ2) is 11.2. The van der Waals surface area contributed by atoms with Crippen LogP contribution in [0.2, 0.25) is 5.02 Å². The predicted octanol–water partition coefficient (Wildman–Crippen LogP) is 3.12. The van der Waals surface area contributed by atoms with Crippen molar-refractivity contribution in [1.82, 2.24) is 9.80 Å². The number of aliphatic hydroxyl groups is 1. The molecule has 0 spiro atoms. The van der Waals surface area contributed by atoms with Crippen molar-refractivity contribution in [3.63, 3.8) is 0 Å². The maximum Gasteiger partial charge on any atom is 0.295 e. The van der Waals surface area contributed by atoms with Gasteiger partial charge in [-0.3, -0.25) is 14.5 Å². The molecule has 4 rings (SSSR count). The molecule has 2 heterocycles. The van der Waals surface area contributed by atoms with E-state index in [2.05, 4.69) is 4.90 Å². The Kier molecular flexibility index (Phi) is 8.03. The standard InChI is InChI=1S/C26H29ClN2O7/c1-33-19-8-7-16(15-18(19)27)23(30)21-22(17-5-4-6-20(34-2)25(17)35-3)29(26(32)24(21)31)10-9-28-11-13-36-14-12-28/h4-8,15,22,30H,9-14H2,1-3H3/b23-21-. The Morgan fingerprint density at radius 3 is 2.39 bits per heavy atom. The number of amides is 1. The fourth-order valence-corrected chi connectivity index (χ4v) is 4.86. The lowest BCUT2D eigenvalue weighted by Crippen LogP contribution is -2.42. The van der Waals surface area contributed by atoms with Gasteiger partial charge in [-0.2, -0.15) is 0 Å². The maximum absolute atomic E-state index is 13.4. The third kappa shape index (κ3) is 4.86. The number of hydrogen-bond donors (Lipinski definition) is 1. The number of methoxy groups -OCH3 is 3. The fourth-order valence-electron chi connectivity index (χ4n) is 4.60. The van der Waals surface area contributed by atoms with Gasteiger partial charge in [-0.25, -0.2) is 0 Å². The molecule has 2 saturated heterocycles. The van der Waals surface area contributed by atoms with Crippen molar-refractivity contribution >= 4 is 29.1 Å². The van der Waals surface area contributed by atoms with Crippen molar-refractivity contribution in [1.29, 1.82) is 0 Å². The summed E-state index contributed by atoms with van der Waals surface area (Å²) in [6.07, 6.45) is 0. The first kappa shape index (κ1) is 25.8. The molecule has 2 aromatic rings. The number of aliphatic hydroxyl groups excluding tert-OH is 1. The van der Waals surface area contributed by atoms with Crippen LogP contribution < -0.4 is 14.2 Å². The van der Waals surface area contributed by atoms with Crippen LogP contribution in [0.5, 0.6) is 17.2 Å². The van der Waals surface area contributed by atoms with Gasteiger partial charge >= 0.3 is 0 Å². The van der Waals surface area contributed by atoms with Crippen LogP contribution in [0.4, 0.5) is 0 Å². The smallest absolute Gasteiger partial charge is 0.295 e. The van der Waals surface area contributed by atoms with Gasteiger partial charge in [0.2, 0.25) is 0 Å². The number of rotatable bonds is 8. The van der Waals surface area contributed by atoms with E-state index in [4.69, 9.17) is 30.5 Å². The average molecular weight is 517 g/mol. The Balaban J connectivity index is 1.83. The van der Waals surface area contributed by atoms with E-state index in [0.717, 1.165) is 13.1 Å². The summed E-state index contributed by atoms with van der Waals surface area (Å²) < 4.78 is 21.7. The SMILES string of the molecule is COc1ccc(/C(O)=C2/C(=O)C(=O)N(CCN3CCOCC3)C2c2cccc(OC)c2OC)cc1Cl. The highest BCUT2D eigenvalue weighted by atomic mass is 35.5. The molecule has 2 aliphatic heterocycles. The zero-order chi connectivity index (χ0) is 25.8. The lowest BCUT2D eigenvalue weighted by Gasteiger charge is -2.31. The second-order valence-electron chi connectivity index (χ2n) is 8.38. The number of morpholine rings is 1. The van der Waals surface area contributed by atoms with Crippen molar-refractivity contribution in [2.24, 2.45) is 0 Å². The minimum atomic E-state index is -0.892. The maximum atomic E-state index is 13.4. The van der Waals surface area contributed by atoms with E-state index < -0.39 is 17.7 Å². The third-order valence-electron chi connectivity index (χ3n) is 6.45. The fraction of sp³-hybridized carbons (Fsp3) is 0.385. The molecule has 10 heteroatoms. The molecule has 0 saturated carbocycles. The molecule has 0 radical (unpaired) electrons. The Labute approximate surface area is 214 Å². The summed E-state index contributed by atoms with van der Waals surface area (Å²) in [4.78, 5) is 30.3. The number of hydrogen-bond acceptors (Lipinski definition) is 8. The van der Waals surface area contributed by atoms with Gasteiger partial charge in [0, 0.05) is 37.3 Å². The predicted molar refractivity (Wildman–Crippen MR) is 134 cm³/mol. The summed E-state index contributed by atoms with van der Waals surface area (Å²) in [7, 11) is 4.48. The molecule has 2 aliphatic rings. The minimum absolute atomic E-state index is 0.0465. The van der Waals surface area contributed by atoms with Crippen molar-refractivity contribution < 1.29 is 33.6 Å². The number of carbonyl (C=O) groups is 2. The van der Waals surface area contributed by atoms with Gasteiger partial charge in [-0.1, -0.05) is 23.7 Å². The van der Waals surface area contributed by atoms with Crippen molar-refractivity contribution in [3.8, 4) is 17.2 Å². The lowest BCUT2D eigenvalue weighted by atomic mass is 9.94. The van der Waals surface area contributed by atoms with Crippen LogP contribution in [0.3, 0.4) is 0 Å². The third-order valence-corrected chi connectivity index (χ3v) is 6.75. The number of carbonyl (C=O) groups excluding carboxylic acids is 2. The zero-order valence-electron chi connectivity index (χ0n) is 20.5. The zero-order valence-corrected chi connectivity index (χ0v) is 21.2. The normalized spacial score (nSPS) is 20.0. The van der Waals surface area contributed by atoms with Crippen LogP contribution >= 0.6 is 11.6 Å². The number of Topliss-reactive ketones (excluding diaryl/α,β-unsaturated/α-hetero) is 1. The molecule has 1 atom stereocenters. The van der Waals surface area contributed by atoms with Gasteiger partial charge < -0.3 is 29.0 Å². The van der Waals surface area contributed by atoms with Crippen LogP contribution in [-0.2, 0) is 14.3 Å². The monoisotopic (exact) mass is 516 g/mol. The Bertz CT molecular complexity index is 1180. The minimum Gasteiger partial charge on any atom is -0.507 e. The van der Waals surface area contributed by atoms with E-state index >= 15 is 0 Å². The highest BCUT2D eigenvalue weighted by molar-refractivity contribution is 6.46. The summed E-state index contributed by atoms with van der Waals surface area (Å²) in [5.74, 6) is -0.564. The van der Waals surface area contributed by atoms with Crippen LogP contribution in [-0.4, -0.2) is 87.3 Å². The number of likely N-dealkylation sites (tertiary alicyclic amines) is 1. The first-order valence-corrected chi connectivity index (χ1v) is 11.9. The van der Waals surface area contributed by atoms with E-state index in [9.17, 15) is 14.7 Å². The van der Waals surface area contributed by atoms with Gasteiger partial charge in [0.15, 0.2) is 11.5 Å². The summed E-state index contributed by atoms with van der Waals surface area (Å²) in [5, 5.41) is 11.6. The Hall–Kier alpha value is -3.27. The lowest BCUT2D eigenvalue weighted by molar-refractivity contribution is -0.140. The van der Waals surface area contributed by atoms with Gasteiger partial charge in [0.25, 0.3) is 11.7 Å². The Morgan fingerprint density at radius 1 is 1.03 bits per heavy atom. The van der Waals surface area contributed by atoms with Crippen molar-refractivity contribution in [2.45, 2.75) is 6.04 Å². The first-order valence-electron chi connectivity index (χ1n) is 11.5. The van der Waals surface area contributed by atoms with Gasteiger partial charge in [0.1, 0.15) is 11.5 Å². The Morgan fingerprint density at radius 2 is 1.75 bits per heavy atom. The van der Waals surface area contributed by atoms with E-state index in [1.54, 1.807) is 30.3 Å². The quantitative estimate of drug-likeness (QED) is 0.325. The van der Waals surface area contributed by atoms with Gasteiger partial charge in [-0.05, 0) is 24.3 Å². The average Bonchev–Trinajstić information content (AvgIpc) is 3.16. The first-order chi connectivity index (χ1) is 17.4. The highest BCUT2D eigenvalue weighted by Gasteiger charge is 2.47. The summed E-state index contributed by atoms with van der Waals surface area (Å²) in [6, 6.07) is 9.02. The highest BCUT2D eigenvalue weighted by Crippen LogP contribution is 2.45. The molecule has 1 amide bonds. The molecule has 2 aromatic carbocycles. The van der Waals surface area contributed by atoms with E-state index in [1.165, 1.54) is 32.3 Å². The molecule has 9 nitrogen and oxygen atoms in total. The molecule has 0 bridgehead atoms. The topological polar surface area (TPSA) is 97.8 Å². The number of halogens is 1. The van der Waals surface area contributed by atoms with E-state index in [0.29, 0.717) is 48.1 Å². The number of benzene rings is 2. The van der Waals surface area contributed by atoms with Crippen LogP contribution in [0.15, 0.2) is 42.0 Å². The number of ether oxygens (including phenoxy) is 4. The second-order valence-corrected chi connectivity index (χ2v) is 8.79. The molecular weight excluding hydrogens is 488 g/mol. The molecule has 0 aromatic heterocycles. The molecule has 2 fully saturated rings.